The number of aliphatic carboxylic acids is 1. The molecule has 0 saturated carbocycles. The maximum Gasteiger partial charge on any atom is 0.307 e. The number of anilines is 1. The van der Waals surface area contributed by atoms with Crippen molar-refractivity contribution in [1.29, 1.82) is 0 Å². The van der Waals surface area contributed by atoms with Crippen LogP contribution >= 0.6 is 0 Å². The molecule has 2 heterocycles. The molecule has 0 radical (unpaired) electrons. The van der Waals surface area contributed by atoms with Gasteiger partial charge < -0.3 is 19.6 Å². The summed E-state index contributed by atoms with van der Waals surface area (Å²) in [6.45, 7) is 0. The molecule has 0 bridgehead atoms. The second kappa shape index (κ2) is 6.22. The molecule has 0 fully saturated rings. The number of carbonyl (C=O) groups excluding carboxylic acids is 1. The van der Waals surface area contributed by atoms with E-state index in [0.717, 1.165) is 22.2 Å². The molecule has 0 aliphatic carbocycles. The van der Waals surface area contributed by atoms with Crippen LogP contribution in [0.25, 0.3) is 22.3 Å². The Morgan fingerprint density at radius 2 is 2.00 bits per heavy atom. The van der Waals surface area contributed by atoms with Gasteiger partial charge in [0.15, 0.2) is 0 Å². The highest BCUT2D eigenvalue weighted by atomic mass is 16.5. The van der Waals surface area contributed by atoms with E-state index in [0.29, 0.717) is 35.5 Å². The van der Waals surface area contributed by atoms with E-state index in [4.69, 9.17) is 9.15 Å². The Kier molecular flexibility index (Phi) is 3.88. The standard InChI is InChI=1S/C20H17NO5/c1-25-13-5-2-11(3-6-13)20-15(9-19(23)24)14-8-12-4-7-18(22)21-16(12)10-17(14)26-20/h2-3,5-6,8,10H,4,7,9H2,1H3,(H,21,22)(H,23,24). The first-order valence-corrected chi connectivity index (χ1v) is 8.29. The van der Waals surface area contributed by atoms with Crippen LogP contribution in [0.15, 0.2) is 40.8 Å². The average molecular weight is 351 g/mol. The third-order valence-electron chi connectivity index (χ3n) is 4.59. The molecular formula is C20H17NO5. The molecule has 1 aliphatic rings. The number of rotatable bonds is 4. The lowest BCUT2D eigenvalue weighted by molar-refractivity contribution is -0.136. The van der Waals surface area contributed by atoms with Gasteiger partial charge >= 0.3 is 5.97 Å². The summed E-state index contributed by atoms with van der Waals surface area (Å²) in [5.41, 5.74) is 3.70. The molecule has 0 unspecified atom stereocenters. The number of nitrogens with one attached hydrogen (secondary N) is 1. The summed E-state index contributed by atoms with van der Waals surface area (Å²) in [4.78, 5) is 23.0. The maximum atomic E-state index is 11.6. The predicted octanol–water partition coefficient (Wildman–Crippen LogP) is 3.62. The van der Waals surface area contributed by atoms with Gasteiger partial charge in [-0.3, -0.25) is 9.59 Å². The van der Waals surface area contributed by atoms with Crippen molar-refractivity contribution in [2.75, 3.05) is 12.4 Å². The average Bonchev–Trinajstić information content (AvgIpc) is 2.96. The number of ether oxygens (including phenoxy) is 1. The summed E-state index contributed by atoms with van der Waals surface area (Å²) < 4.78 is 11.2. The number of aryl methyl sites for hydroxylation is 1. The molecule has 6 heteroatoms. The number of hydrogen-bond acceptors (Lipinski definition) is 4. The Morgan fingerprint density at radius 3 is 2.69 bits per heavy atom. The predicted molar refractivity (Wildman–Crippen MR) is 96.5 cm³/mol. The molecule has 2 N–H and O–H groups in total. The number of hydrogen-bond donors (Lipinski definition) is 2. The monoisotopic (exact) mass is 351 g/mol. The van der Waals surface area contributed by atoms with Crippen LogP contribution in [0, 0.1) is 0 Å². The Morgan fingerprint density at radius 1 is 1.23 bits per heavy atom. The van der Waals surface area contributed by atoms with Crippen molar-refractivity contribution in [2.45, 2.75) is 19.3 Å². The van der Waals surface area contributed by atoms with Crippen LogP contribution in [-0.2, 0) is 22.4 Å². The molecule has 6 nitrogen and oxygen atoms in total. The van der Waals surface area contributed by atoms with E-state index in [9.17, 15) is 14.7 Å². The van der Waals surface area contributed by atoms with Gasteiger partial charge in [0.1, 0.15) is 17.1 Å². The number of carboxylic acid groups (broad SMARTS) is 1. The molecule has 1 aliphatic heterocycles. The van der Waals surface area contributed by atoms with Gasteiger partial charge in [-0.2, -0.15) is 0 Å². The molecular weight excluding hydrogens is 334 g/mol. The number of amides is 1. The number of furan rings is 1. The first kappa shape index (κ1) is 16.2. The molecule has 1 aromatic heterocycles. The summed E-state index contributed by atoms with van der Waals surface area (Å²) in [6, 6.07) is 11.0. The summed E-state index contributed by atoms with van der Waals surface area (Å²) in [6.07, 6.45) is 0.919. The van der Waals surface area contributed by atoms with Gasteiger partial charge in [0.2, 0.25) is 5.91 Å². The minimum Gasteiger partial charge on any atom is -0.497 e. The normalized spacial score (nSPS) is 13.3. The van der Waals surface area contributed by atoms with Crippen LogP contribution < -0.4 is 10.1 Å². The highest BCUT2D eigenvalue weighted by Gasteiger charge is 2.22. The van der Waals surface area contributed by atoms with E-state index in [-0.39, 0.29) is 12.3 Å². The lowest BCUT2D eigenvalue weighted by atomic mass is 9.97. The largest absolute Gasteiger partial charge is 0.497 e. The minimum absolute atomic E-state index is 0.0236. The van der Waals surface area contributed by atoms with E-state index in [2.05, 4.69) is 5.32 Å². The van der Waals surface area contributed by atoms with Gasteiger partial charge in [-0.1, -0.05) is 0 Å². The van der Waals surface area contributed by atoms with Crippen molar-refractivity contribution >= 4 is 28.5 Å². The minimum atomic E-state index is -0.923. The number of carboxylic acids is 1. The van der Waals surface area contributed by atoms with E-state index in [1.54, 1.807) is 25.3 Å². The number of fused-ring (bicyclic) bond motifs is 2. The van der Waals surface area contributed by atoms with Crippen molar-refractivity contribution in [3.8, 4) is 17.1 Å². The first-order chi connectivity index (χ1) is 12.5. The topological polar surface area (TPSA) is 88.8 Å². The van der Waals surface area contributed by atoms with Gasteiger partial charge in [0.05, 0.1) is 13.5 Å². The van der Waals surface area contributed by atoms with Crippen LogP contribution in [-0.4, -0.2) is 24.1 Å². The fourth-order valence-corrected chi connectivity index (χ4v) is 3.33. The van der Waals surface area contributed by atoms with E-state index in [1.807, 2.05) is 18.2 Å². The fourth-order valence-electron chi connectivity index (χ4n) is 3.33. The van der Waals surface area contributed by atoms with Crippen molar-refractivity contribution in [3.63, 3.8) is 0 Å². The molecule has 0 atom stereocenters. The van der Waals surface area contributed by atoms with Gasteiger partial charge in [-0.25, -0.2) is 0 Å². The summed E-state index contributed by atoms with van der Waals surface area (Å²) >= 11 is 0. The van der Waals surface area contributed by atoms with Crippen molar-refractivity contribution in [2.24, 2.45) is 0 Å². The molecule has 0 spiro atoms. The Bertz CT molecular complexity index is 1020. The molecule has 2 aromatic carbocycles. The Labute approximate surface area is 149 Å². The van der Waals surface area contributed by atoms with Crippen molar-refractivity contribution in [3.05, 3.63) is 47.5 Å². The second-order valence-electron chi connectivity index (χ2n) is 6.26. The lowest BCUT2D eigenvalue weighted by Crippen LogP contribution is -2.18. The van der Waals surface area contributed by atoms with E-state index in [1.165, 1.54) is 0 Å². The first-order valence-electron chi connectivity index (χ1n) is 8.29. The third kappa shape index (κ3) is 2.79. The zero-order chi connectivity index (χ0) is 18.3. The zero-order valence-corrected chi connectivity index (χ0v) is 14.2. The fraction of sp³-hybridized carbons (Fsp3) is 0.200. The molecule has 132 valence electrons. The van der Waals surface area contributed by atoms with Crippen molar-refractivity contribution in [1.82, 2.24) is 0 Å². The molecule has 4 rings (SSSR count). The number of methoxy groups -OCH3 is 1. The van der Waals surface area contributed by atoms with Crippen LogP contribution in [0.5, 0.6) is 5.75 Å². The SMILES string of the molecule is COc1ccc(-c2oc3cc4c(cc3c2CC(=O)O)CCC(=O)N4)cc1. The summed E-state index contributed by atoms with van der Waals surface area (Å²) in [7, 11) is 1.59. The smallest absolute Gasteiger partial charge is 0.307 e. The highest BCUT2D eigenvalue weighted by Crippen LogP contribution is 2.38. The third-order valence-corrected chi connectivity index (χ3v) is 4.59. The molecule has 1 amide bonds. The van der Waals surface area contributed by atoms with E-state index < -0.39 is 5.97 Å². The summed E-state index contributed by atoms with van der Waals surface area (Å²) in [5, 5.41) is 13.0. The highest BCUT2D eigenvalue weighted by molar-refractivity contribution is 5.99. The maximum absolute atomic E-state index is 11.6. The van der Waals surface area contributed by atoms with Gasteiger partial charge in [0.25, 0.3) is 0 Å². The Hall–Kier alpha value is -3.28. The quantitative estimate of drug-likeness (QED) is 0.749. The van der Waals surface area contributed by atoms with Gasteiger partial charge in [-0.15, -0.1) is 0 Å². The van der Waals surface area contributed by atoms with Crippen LogP contribution in [0.3, 0.4) is 0 Å². The summed E-state index contributed by atoms with van der Waals surface area (Å²) in [5.74, 6) is 0.291. The van der Waals surface area contributed by atoms with Gasteiger partial charge in [-0.05, 0) is 42.3 Å². The van der Waals surface area contributed by atoms with Crippen LogP contribution in [0.2, 0.25) is 0 Å². The van der Waals surface area contributed by atoms with Crippen LogP contribution in [0.1, 0.15) is 17.5 Å². The zero-order valence-electron chi connectivity index (χ0n) is 14.2. The number of carbonyl (C=O) groups is 2. The van der Waals surface area contributed by atoms with Crippen molar-refractivity contribution < 1.29 is 23.8 Å². The number of benzene rings is 2. The van der Waals surface area contributed by atoms with E-state index >= 15 is 0 Å². The molecule has 3 aromatic rings. The van der Waals surface area contributed by atoms with Crippen LogP contribution in [0.4, 0.5) is 5.69 Å². The Balaban J connectivity index is 1.90. The molecule has 0 saturated heterocycles. The molecule has 26 heavy (non-hydrogen) atoms. The van der Waals surface area contributed by atoms with Gasteiger partial charge in [0, 0.05) is 34.7 Å². The second-order valence-corrected chi connectivity index (χ2v) is 6.26. The lowest BCUT2D eigenvalue weighted by Gasteiger charge is -2.16.